The van der Waals surface area contributed by atoms with Gasteiger partial charge in [-0.05, 0) is 55.3 Å². The lowest BCUT2D eigenvalue weighted by atomic mass is 10.0. The second-order valence-electron chi connectivity index (χ2n) is 6.16. The molecule has 0 saturated carbocycles. The molecule has 21 heavy (non-hydrogen) atoms. The molecule has 2 nitrogen and oxygen atoms in total. The minimum absolute atomic E-state index is 0.411. The van der Waals surface area contributed by atoms with Crippen LogP contribution in [0.25, 0.3) is 10.8 Å². The van der Waals surface area contributed by atoms with Crippen LogP contribution < -0.4 is 5.32 Å². The Kier molecular flexibility index (Phi) is 4.57. The van der Waals surface area contributed by atoms with E-state index in [1.807, 2.05) is 0 Å². The molecule has 0 aliphatic carbocycles. The second-order valence-corrected chi connectivity index (χ2v) is 6.16. The summed E-state index contributed by atoms with van der Waals surface area (Å²) in [5, 5.41) is 6.38. The summed E-state index contributed by atoms with van der Waals surface area (Å²) in [6.07, 6.45) is 2.69. The van der Waals surface area contributed by atoms with E-state index in [1.54, 1.807) is 0 Å². The van der Waals surface area contributed by atoms with Crippen molar-refractivity contribution < 1.29 is 0 Å². The van der Waals surface area contributed by atoms with E-state index in [9.17, 15) is 0 Å². The average molecular weight is 282 g/mol. The molecule has 1 saturated heterocycles. The highest BCUT2D eigenvalue weighted by Crippen LogP contribution is 2.21. The number of rotatable bonds is 5. The van der Waals surface area contributed by atoms with Gasteiger partial charge in [0.1, 0.15) is 0 Å². The van der Waals surface area contributed by atoms with Crippen LogP contribution in [0.1, 0.15) is 38.3 Å². The number of hydrogen-bond donors (Lipinski definition) is 1. The van der Waals surface area contributed by atoms with Crippen molar-refractivity contribution in [2.75, 3.05) is 19.6 Å². The fourth-order valence-corrected chi connectivity index (χ4v) is 3.45. The van der Waals surface area contributed by atoms with Crippen LogP contribution >= 0.6 is 0 Å². The third-order valence-corrected chi connectivity index (χ3v) is 4.84. The van der Waals surface area contributed by atoms with Gasteiger partial charge in [0.15, 0.2) is 0 Å². The minimum atomic E-state index is 0.411. The van der Waals surface area contributed by atoms with E-state index in [-0.39, 0.29) is 0 Å². The first-order chi connectivity index (χ1) is 10.3. The van der Waals surface area contributed by atoms with Crippen LogP contribution in [0.4, 0.5) is 0 Å². The van der Waals surface area contributed by atoms with Crippen molar-refractivity contribution in [3.8, 4) is 0 Å². The third-order valence-electron chi connectivity index (χ3n) is 4.84. The van der Waals surface area contributed by atoms with E-state index in [1.165, 1.54) is 42.3 Å². The van der Waals surface area contributed by atoms with Gasteiger partial charge in [-0.15, -0.1) is 0 Å². The molecular formula is C19H26N2. The van der Waals surface area contributed by atoms with E-state index >= 15 is 0 Å². The number of likely N-dealkylation sites (N-methyl/N-ethyl adjacent to an activating group) is 1. The molecule has 0 bridgehead atoms. The molecule has 2 aromatic carbocycles. The molecule has 0 radical (unpaired) electrons. The summed E-state index contributed by atoms with van der Waals surface area (Å²) in [5.74, 6) is 0. The van der Waals surface area contributed by atoms with E-state index in [2.05, 4.69) is 66.5 Å². The van der Waals surface area contributed by atoms with Gasteiger partial charge < -0.3 is 5.32 Å². The molecule has 0 aromatic heterocycles. The first-order valence-corrected chi connectivity index (χ1v) is 8.24. The highest BCUT2D eigenvalue weighted by molar-refractivity contribution is 5.83. The van der Waals surface area contributed by atoms with Crippen molar-refractivity contribution in [1.82, 2.24) is 10.2 Å². The van der Waals surface area contributed by atoms with Crippen molar-refractivity contribution in [3.63, 3.8) is 0 Å². The average Bonchev–Trinajstić information content (AvgIpc) is 2.99. The van der Waals surface area contributed by atoms with Crippen molar-refractivity contribution in [2.45, 2.75) is 38.8 Å². The van der Waals surface area contributed by atoms with Gasteiger partial charge in [0, 0.05) is 18.6 Å². The summed E-state index contributed by atoms with van der Waals surface area (Å²) in [6, 6.07) is 16.5. The Morgan fingerprint density at radius 3 is 2.81 bits per heavy atom. The molecule has 1 N–H and O–H groups in total. The summed E-state index contributed by atoms with van der Waals surface area (Å²) < 4.78 is 0. The number of fused-ring (bicyclic) bond motifs is 1. The summed E-state index contributed by atoms with van der Waals surface area (Å²) in [6.45, 7) is 8.09. The summed E-state index contributed by atoms with van der Waals surface area (Å²) in [7, 11) is 0. The van der Waals surface area contributed by atoms with Crippen molar-refractivity contribution in [3.05, 3.63) is 48.0 Å². The second kappa shape index (κ2) is 6.59. The third kappa shape index (κ3) is 3.28. The molecule has 112 valence electrons. The van der Waals surface area contributed by atoms with Gasteiger partial charge in [-0.1, -0.05) is 43.3 Å². The van der Waals surface area contributed by atoms with Gasteiger partial charge in [0.25, 0.3) is 0 Å². The zero-order valence-corrected chi connectivity index (χ0v) is 13.2. The Morgan fingerprint density at radius 1 is 1.19 bits per heavy atom. The molecule has 3 rings (SSSR count). The smallest absolute Gasteiger partial charge is 0.0292 e. The highest BCUT2D eigenvalue weighted by Gasteiger charge is 2.23. The number of likely N-dealkylation sites (tertiary alicyclic amines) is 1. The predicted molar refractivity (Wildman–Crippen MR) is 90.6 cm³/mol. The van der Waals surface area contributed by atoms with Crippen LogP contribution in [0.2, 0.25) is 0 Å². The maximum absolute atomic E-state index is 3.73. The maximum atomic E-state index is 3.73. The van der Waals surface area contributed by atoms with Gasteiger partial charge >= 0.3 is 0 Å². The Hall–Kier alpha value is -1.38. The van der Waals surface area contributed by atoms with Gasteiger partial charge in [-0.2, -0.15) is 0 Å². The normalized spacial score (nSPS) is 21.0. The molecule has 0 amide bonds. The zero-order valence-electron chi connectivity index (χ0n) is 13.2. The SMILES string of the molecule is CCN1CCCC1CNC(C)c1ccc2ccccc2c1. The molecule has 1 heterocycles. The standard InChI is InChI=1S/C19H26N2/c1-3-21-12-6-9-19(21)14-20-15(2)17-11-10-16-7-4-5-8-18(16)13-17/h4-5,7-8,10-11,13,15,19-20H,3,6,9,12,14H2,1-2H3. The Bertz CT molecular complexity index is 593. The lowest BCUT2D eigenvalue weighted by molar-refractivity contribution is 0.255. The predicted octanol–water partition coefficient (Wildman–Crippen LogP) is 3.97. The lowest BCUT2D eigenvalue weighted by Gasteiger charge is -2.25. The van der Waals surface area contributed by atoms with Gasteiger partial charge in [0.05, 0.1) is 0 Å². The topological polar surface area (TPSA) is 15.3 Å². The van der Waals surface area contributed by atoms with Gasteiger partial charge in [0.2, 0.25) is 0 Å². The molecule has 2 atom stereocenters. The summed E-state index contributed by atoms with van der Waals surface area (Å²) >= 11 is 0. The van der Waals surface area contributed by atoms with Crippen LogP contribution in [-0.4, -0.2) is 30.6 Å². The first kappa shape index (κ1) is 14.6. The number of nitrogens with one attached hydrogen (secondary N) is 1. The Morgan fingerprint density at radius 2 is 2.00 bits per heavy atom. The van der Waals surface area contributed by atoms with Crippen LogP contribution in [0.5, 0.6) is 0 Å². The minimum Gasteiger partial charge on any atom is -0.309 e. The highest BCUT2D eigenvalue weighted by atomic mass is 15.2. The lowest BCUT2D eigenvalue weighted by Crippen LogP contribution is -2.38. The van der Waals surface area contributed by atoms with Gasteiger partial charge in [-0.3, -0.25) is 4.90 Å². The molecule has 2 heteroatoms. The van der Waals surface area contributed by atoms with E-state index in [4.69, 9.17) is 0 Å². The van der Waals surface area contributed by atoms with Crippen molar-refractivity contribution in [1.29, 1.82) is 0 Å². The molecular weight excluding hydrogens is 256 g/mol. The van der Waals surface area contributed by atoms with Gasteiger partial charge in [-0.25, -0.2) is 0 Å². The van der Waals surface area contributed by atoms with E-state index in [0.717, 1.165) is 12.6 Å². The molecule has 2 unspecified atom stereocenters. The quantitative estimate of drug-likeness (QED) is 0.892. The molecule has 0 spiro atoms. The van der Waals surface area contributed by atoms with Crippen LogP contribution in [0, 0.1) is 0 Å². The van der Waals surface area contributed by atoms with Crippen LogP contribution in [-0.2, 0) is 0 Å². The fraction of sp³-hybridized carbons (Fsp3) is 0.474. The monoisotopic (exact) mass is 282 g/mol. The molecule has 1 aliphatic heterocycles. The van der Waals surface area contributed by atoms with Crippen molar-refractivity contribution in [2.24, 2.45) is 0 Å². The number of hydrogen-bond acceptors (Lipinski definition) is 2. The van der Waals surface area contributed by atoms with Crippen molar-refractivity contribution >= 4 is 10.8 Å². The molecule has 1 aliphatic rings. The largest absolute Gasteiger partial charge is 0.309 e. The summed E-state index contributed by atoms with van der Waals surface area (Å²) in [5.41, 5.74) is 1.38. The summed E-state index contributed by atoms with van der Waals surface area (Å²) in [4.78, 5) is 2.60. The fourth-order valence-electron chi connectivity index (χ4n) is 3.45. The zero-order chi connectivity index (χ0) is 14.7. The molecule has 1 fully saturated rings. The Labute approximate surface area is 128 Å². The van der Waals surface area contributed by atoms with Crippen LogP contribution in [0.15, 0.2) is 42.5 Å². The first-order valence-electron chi connectivity index (χ1n) is 8.24. The Balaban J connectivity index is 1.65. The maximum Gasteiger partial charge on any atom is 0.0292 e. The van der Waals surface area contributed by atoms with Crippen LogP contribution in [0.3, 0.4) is 0 Å². The number of benzene rings is 2. The molecule has 2 aromatic rings. The van der Waals surface area contributed by atoms with E-state index < -0.39 is 0 Å². The number of nitrogens with zero attached hydrogens (tertiary/aromatic N) is 1. The van der Waals surface area contributed by atoms with E-state index in [0.29, 0.717) is 6.04 Å².